The van der Waals surface area contributed by atoms with Gasteiger partial charge in [0.2, 0.25) is 5.91 Å². The fraction of sp³-hybridized carbons (Fsp3) is 0.296. The predicted octanol–water partition coefficient (Wildman–Crippen LogP) is 4.49. The molecular formula is C27H28Cl2N8O2. The van der Waals surface area contributed by atoms with Gasteiger partial charge in [-0.15, -0.1) is 0 Å². The maximum Gasteiger partial charge on any atom is 0.271 e. The molecule has 39 heavy (non-hydrogen) atoms. The van der Waals surface area contributed by atoms with Crippen LogP contribution in [0.1, 0.15) is 42.6 Å². The number of likely N-dealkylation sites (tertiary alicyclic amines) is 1. The van der Waals surface area contributed by atoms with Crippen LogP contribution in [0, 0.1) is 0 Å². The molecule has 0 atom stereocenters. The number of carbonyl (C=O) groups is 2. The Bertz CT molecular complexity index is 1570. The number of fused-ring (bicyclic) bond motifs is 1. The first-order chi connectivity index (χ1) is 18.6. The number of imidazole rings is 1. The van der Waals surface area contributed by atoms with Gasteiger partial charge < -0.3 is 15.5 Å². The van der Waals surface area contributed by atoms with E-state index < -0.39 is 5.91 Å². The lowest BCUT2D eigenvalue weighted by molar-refractivity contribution is -0.130. The summed E-state index contributed by atoms with van der Waals surface area (Å²) >= 11 is 13.0. The summed E-state index contributed by atoms with van der Waals surface area (Å²) in [6.07, 6.45) is 2.89. The first-order valence-corrected chi connectivity index (χ1v) is 13.1. The molecule has 0 spiro atoms. The van der Waals surface area contributed by atoms with Crippen molar-refractivity contribution in [2.24, 2.45) is 0 Å². The monoisotopic (exact) mass is 566 g/mol. The summed E-state index contributed by atoms with van der Waals surface area (Å²) in [4.78, 5) is 35.6. The van der Waals surface area contributed by atoms with Gasteiger partial charge in [0.05, 0.1) is 18.1 Å². The van der Waals surface area contributed by atoms with Crippen LogP contribution in [0.5, 0.6) is 0 Å². The van der Waals surface area contributed by atoms with Gasteiger partial charge in [-0.2, -0.15) is 5.10 Å². The van der Waals surface area contributed by atoms with Gasteiger partial charge >= 0.3 is 0 Å². The van der Waals surface area contributed by atoms with Gasteiger partial charge in [0.15, 0.2) is 16.7 Å². The normalized spacial score (nSPS) is 13.8. The van der Waals surface area contributed by atoms with Crippen LogP contribution in [0.3, 0.4) is 0 Å². The lowest BCUT2D eigenvalue weighted by Gasteiger charge is -2.38. The zero-order valence-electron chi connectivity index (χ0n) is 21.8. The molecule has 3 N–H and O–H groups in total. The van der Waals surface area contributed by atoms with Crippen LogP contribution >= 0.6 is 23.2 Å². The molecule has 4 heterocycles. The van der Waals surface area contributed by atoms with Gasteiger partial charge in [-0.1, -0.05) is 56.6 Å². The van der Waals surface area contributed by atoms with E-state index in [1.807, 2.05) is 18.2 Å². The Balaban J connectivity index is 1.43. The van der Waals surface area contributed by atoms with E-state index in [9.17, 15) is 9.59 Å². The summed E-state index contributed by atoms with van der Waals surface area (Å²) in [5.41, 5.74) is 1.81. The molecule has 0 radical (unpaired) electrons. The summed E-state index contributed by atoms with van der Waals surface area (Å²) < 4.78 is 1.63. The van der Waals surface area contributed by atoms with Crippen molar-refractivity contribution < 1.29 is 9.59 Å². The minimum Gasteiger partial charge on any atom is -0.361 e. The molecule has 3 aromatic heterocycles. The number of hydrogen-bond acceptors (Lipinski definition) is 6. The van der Waals surface area contributed by atoms with Gasteiger partial charge in [0, 0.05) is 29.7 Å². The molecule has 202 valence electrons. The van der Waals surface area contributed by atoms with Crippen LogP contribution in [0.2, 0.25) is 10.2 Å². The molecule has 1 fully saturated rings. The fourth-order valence-electron chi connectivity index (χ4n) is 4.53. The Hall–Kier alpha value is -3.89. The highest BCUT2D eigenvalue weighted by Crippen LogP contribution is 2.35. The van der Waals surface area contributed by atoms with Crippen molar-refractivity contribution in [2.75, 3.05) is 18.4 Å². The van der Waals surface area contributed by atoms with Gasteiger partial charge in [0.1, 0.15) is 11.6 Å². The molecule has 1 aliphatic heterocycles. The maximum atomic E-state index is 13.3. The highest BCUT2D eigenvalue weighted by molar-refractivity contribution is 6.33. The zero-order valence-corrected chi connectivity index (χ0v) is 23.3. The van der Waals surface area contributed by atoms with Crippen molar-refractivity contribution in [1.29, 1.82) is 0 Å². The molecule has 2 amide bonds. The van der Waals surface area contributed by atoms with E-state index in [-0.39, 0.29) is 34.8 Å². The number of hydrogen-bond donors (Lipinski definition) is 3. The van der Waals surface area contributed by atoms with Crippen LogP contribution in [-0.2, 0) is 16.8 Å². The zero-order chi connectivity index (χ0) is 27.9. The van der Waals surface area contributed by atoms with Crippen molar-refractivity contribution in [3.63, 3.8) is 0 Å². The molecule has 0 aliphatic carbocycles. The molecule has 1 aliphatic rings. The van der Waals surface area contributed by atoms with E-state index >= 15 is 0 Å². The van der Waals surface area contributed by atoms with Gasteiger partial charge in [-0.05, 0) is 41.3 Å². The SMILES string of the molecule is C=CC(=O)N1CC(NC(=O)c2c(Cl)nc(CNc3n[nH]c4cc(Cl)c(C(C)(C)C)cc34)n2-c2ccccn2)C1. The van der Waals surface area contributed by atoms with Crippen molar-refractivity contribution in [2.45, 2.75) is 38.8 Å². The van der Waals surface area contributed by atoms with Crippen LogP contribution in [-0.4, -0.2) is 60.6 Å². The number of amides is 2. The third-order valence-corrected chi connectivity index (χ3v) is 7.15. The molecule has 1 aromatic carbocycles. The number of carbonyl (C=O) groups excluding carboxylic acids is 2. The van der Waals surface area contributed by atoms with Crippen LogP contribution in [0.25, 0.3) is 16.7 Å². The largest absolute Gasteiger partial charge is 0.361 e. The Labute approximate surface area is 235 Å². The van der Waals surface area contributed by atoms with E-state index in [1.54, 1.807) is 27.8 Å². The van der Waals surface area contributed by atoms with Crippen LogP contribution < -0.4 is 10.6 Å². The number of rotatable bonds is 7. The molecule has 0 unspecified atom stereocenters. The smallest absolute Gasteiger partial charge is 0.271 e. The Kier molecular flexibility index (Phi) is 7.09. The topological polar surface area (TPSA) is 121 Å². The summed E-state index contributed by atoms with van der Waals surface area (Å²) in [5, 5.41) is 15.3. The Morgan fingerprint density at radius 2 is 2.00 bits per heavy atom. The first kappa shape index (κ1) is 26.7. The first-order valence-electron chi connectivity index (χ1n) is 12.4. The molecule has 0 bridgehead atoms. The van der Waals surface area contributed by atoms with E-state index in [4.69, 9.17) is 23.2 Å². The second-order valence-corrected chi connectivity index (χ2v) is 11.1. The number of halogens is 2. The molecule has 12 heteroatoms. The van der Waals surface area contributed by atoms with Crippen molar-refractivity contribution in [3.05, 3.63) is 76.4 Å². The molecule has 0 saturated carbocycles. The summed E-state index contributed by atoms with van der Waals surface area (Å²) in [6.45, 7) is 10.8. The van der Waals surface area contributed by atoms with Crippen molar-refractivity contribution >= 4 is 51.7 Å². The average molecular weight is 567 g/mol. The van der Waals surface area contributed by atoms with Crippen molar-refractivity contribution in [1.82, 2.24) is 34.9 Å². The third kappa shape index (κ3) is 5.22. The second-order valence-electron chi connectivity index (χ2n) is 10.4. The standard InChI is InChI=1S/C27H28Cl2N8O2/c1-5-22(38)36-13-15(14-36)32-26(39)23-24(29)33-21(37(23)20-8-6-7-9-30-20)12-31-25-16-10-17(27(2,3)4)18(28)11-19(16)34-35-25/h5-11,15H,1,12-14H2,2-4H3,(H,32,39)(H2,31,34,35). The molecule has 1 saturated heterocycles. The number of aromatic nitrogens is 5. The number of H-pyrrole nitrogens is 1. The van der Waals surface area contributed by atoms with Crippen molar-refractivity contribution in [3.8, 4) is 5.82 Å². The minimum atomic E-state index is -0.408. The molecule has 5 rings (SSSR count). The quantitative estimate of drug-likeness (QED) is 0.283. The molecule has 4 aromatic rings. The van der Waals surface area contributed by atoms with Crippen LogP contribution in [0.4, 0.5) is 5.82 Å². The van der Waals surface area contributed by atoms with Crippen LogP contribution in [0.15, 0.2) is 49.2 Å². The number of nitrogens with zero attached hydrogens (tertiary/aromatic N) is 5. The summed E-state index contributed by atoms with van der Waals surface area (Å²) in [6, 6.07) is 9.07. The fourth-order valence-corrected chi connectivity index (χ4v) is 5.24. The molecule has 10 nitrogen and oxygen atoms in total. The molecular weight excluding hydrogens is 539 g/mol. The Morgan fingerprint density at radius 1 is 1.23 bits per heavy atom. The van der Waals surface area contributed by atoms with E-state index in [0.29, 0.717) is 35.6 Å². The van der Waals surface area contributed by atoms with Gasteiger partial charge in [0.25, 0.3) is 5.91 Å². The van der Waals surface area contributed by atoms with Gasteiger partial charge in [-0.25, -0.2) is 9.97 Å². The maximum absolute atomic E-state index is 13.3. The highest BCUT2D eigenvalue weighted by atomic mass is 35.5. The van der Waals surface area contributed by atoms with Gasteiger partial charge in [-0.3, -0.25) is 19.3 Å². The van der Waals surface area contributed by atoms with E-state index in [2.05, 4.69) is 58.1 Å². The third-order valence-electron chi connectivity index (χ3n) is 6.57. The van der Waals surface area contributed by atoms with E-state index in [1.165, 1.54) is 6.08 Å². The Morgan fingerprint density at radius 3 is 2.67 bits per heavy atom. The minimum absolute atomic E-state index is 0.0435. The summed E-state index contributed by atoms with van der Waals surface area (Å²) in [5.74, 6) is 1.00. The predicted molar refractivity (Wildman–Crippen MR) is 152 cm³/mol. The number of anilines is 1. The van der Waals surface area contributed by atoms with E-state index in [0.717, 1.165) is 16.5 Å². The lowest BCUT2D eigenvalue weighted by atomic mass is 9.86. The number of nitrogens with one attached hydrogen (secondary N) is 3. The average Bonchev–Trinajstić information content (AvgIpc) is 3.42. The summed E-state index contributed by atoms with van der Waals surface area (Å²) in [7, 11) is 0. The number of pyridine rings is 1. The second kappa shape index (κ2) is 10.3. The lowest BCUT2D eigenvalue weighted by Crippen LogP contribution is -2.60. The highest BCUT2D eigenvalue weighted by Gasteiger charge is 2.33. The number of aromatic amines is 1. The number of benzene rings is 1.